The van der Waals surface area contributed by atoms with Crippen LogP contribution >= 0.6 is 15.9 Å². The number of aliphatic hydroxyl groups excluding tert-OH is 1. The molecule has 1 aromatic heterocycles. The third-order valence-electron chi connectivity index (χ3n) is 3.27. The molecule has 0 aliphatic rings. The Hall–Kier alpha value is -1.85. The Bertz CT molecular complexity index is 797. The van der Waals surface area contributed by atoms with Gasteiger partial charge in [-0.15, -0.1) is 0 Å². The Morgan fingerprint density at radius 3 is 2.76 bits per heavy atom. The SMILES string of the molecule is COc1cc(Br)ccc1C(O)c1cc2cccc(F)c2o1. The molecular formula is C16H12BrFO3. The third-order valence-corrected chi connectivity index (χ3v) is 3.77. The highest BCUT2D eigenvalue weighted by Gasteiger charge is 2.20. The molecule has 1 unspecified atom stereocenters. The third kappa shape index (κ3) is 2.54. The first kappa shape index (κ1) is 14.1. The lowest BCUT2D eigenvalue weighted by molar-refractivity contribution is 0.187. The van der Waals surface area contributed by atoms with E-state index in [4.69, 9.17) is 9.15 Å². The topological polar surface area (TPSA) is 42.6 Å². The molecule has 0 spiro atoms. The molecule has 0 amide bonds. The highest BCUT2D eigenvalue weighted by atomic mass is 79.9. The fourth-order valence-corrected chi connectivity index (χ4v) is 2.59. The number of halogens is 2. The summed E-state index contributed by atoms with van der Waals surface area (Å²) in [6, 6.07) is 11.6. The molecule has 3 rings (SSSR count). The van der Waals surface area contributed by atoms with Crippen molar-refractivity contribution in [2.24, 2.45) is 0 Å². The van der Waals surface area contributed by atoms with Gasteiger partial charge in [-0.25, -0.2) is 4.39 Å². The van der Waals surface area contributed by atoms with E-state index < -0.39 is 11.9 Å². The van der Waals surface area contributed by atoms with Gasteiger partial charge in [0.2, 0.25) is 0 Å². The minimum Gasteiger partial charge on any atom is -0.496 e. The maximum atomic E-state index is 13.7. The summed E-state index contributed by atoms with van der Waals surface area (Å²) in [5, 5.41) is 11.1. The summed E-state index contributed by atoms with van der Waals surface area (Å²) in [5.74, 6) is 0.349. The zero-order valence-electron chi connectivity index (χ0n) is 11.1. The van der Waals surface area contributed by atoms with Crippen LogP contribution in [0.5, 0.6) is 5.75 Å². The normalized spacial score (nSPS) is 12.6. The van der Waals surface area contributed by atoms with Crippen molar-refractivity contribution in [2.75, 3.05) is 7.11 Å². The Morgan fingerprint density at radius 1 is 1.24 bits per heavy atom. The summed E-state index contributed by atoms with van der Waals surface area (Å²) in [7, 11) is 1.52. The van der Waals surface area contributed by atoms with Gasteiger partial charge in [-0.3, -0.25) is 0 Å². The summed E-state index contributed by atoms with van der Waals surface area (Å²) >= 11 is 3.35. The Kier molecular flexibility index (Phi) is 3.69. The van der Waals surface area contributed by atoms with Gasteiger partial charge in [0, 0.05) is 15.4 Å². The number of para-hydroxylation sites is 1. The standard InChI is InChI=1S/C16H12BrFO3/c1-20-13-8-10(17)5-6-11(13)15(19)14-7-9-3-2-4-12(18)16(9)21-14/h2-8,15,19H,1H3. The zero-order chi connectivity index (χ0) is 15.0. The Balaban J connectivity index is 2.08. The average Bonchev–Trinajstić information content (AvgIpc) is 2.92. The quantitative estimate of drug-likeness (QED) is 0.759. The van der Waals surface area contributed by atoms with Crippen LogP contribution < -0.4 is 4.74 Å². The molecule has 0 aliphatic heterocycles. The molecule has 1 atom stereocenters. The first-order chi connectivity index (χ1) is 10.1. The van der Waals surface area contributed by atoms with Crippen molar-refractivity contribution < 1.29 is 18.7 Å². The number of furan rings is 1. The van der Waals surface area contributed by atoms with E-state index in [0.29, 0.717) is 16.7 Å². The van der Waals surface area contributed by atoms with E-state index in [-0.39, 0.29) is 11.3 Å². The van der Waals surface area contributed by atoms with Crippen LogP contribution in [0.3, 0.4) is 0 Å². The van der Waals surface area contributed by atoms with Gasteiger partial charge in [0.25, 0.3) is 0 Å². The lowest BCUT2D eigenvalue weighted by Crippen LogP contribution is -2.01. The number of methoxy groups -OCH3 is 1. The van der Waals surface area contributed by atoms with Crippen LogP contribution in [0.25, 0.3) is 11.0 Å². The highest BCUT2D eigenvalue weighted by molar-refractivity contribution is 9.10. The summed E-state index contributed by atoms with van der Waals surface area (Å²) < 4.78 is 25.2. The largest absolute Gasteiger partial charge is 0.496 e. The van der Waals surface area contributed by atoms with Crippen molar-refractivity contribution in [3.05, 3.63) is 64.1 Å². The summed E-state index contributed by atoms with van der Waals surface area (Å²) in [4.78, 5) is 0. The number of benzene rings is 2. The van der Waals surface area contributed by atoms with Gasteiger partial charge in [-0.05, 0) is 24.3 Å². The molecule has 5 heteroatoms. The van der Waals surface area contributed by atoms with Crippen molar-refractivity contribution in [1.82, 2.24) is 0 Å². The van der Waals surface area contributed by atoms with Crippen LogP contribution in [0.2, 0.25) is 0 Å². The molecule has 3 nitrogen and oxygen atoms in total. The van der Waals surface area contributed by atoms with Crippen molar-refractivity contribution in [2.45, 2.75) is 6.10 Å². The van der Waals surface area contributed by atoms with Crippen LogP contribution in [0.4, 0.5) is 4.39 Å². The number of ether oxygens (including phenoxy) is 1. The number of aliphatic hydroxyl groups is 1. The minimum atomic E-state index is -1.03. The van der Waals surface area contributed by atoms with Gasteiger partial charge < -0.3 is 14.3 Å². The highest BCUT2D eigenvalue weighted by Crippen LogP contribution is 2.35. The van der Waals surface area contributed by atoms with E-state index in [9.17, 15) is 9.50 Å². The lowest BCUT2D eigenvalue weighted by atomic mass is 10.1. The number of rotatable bonds is 3. The van der Waals surface area contributed by atoms with E-state index in [1.54, 1.807) is 36.4 Å². The van der Waals surface area contributed by atoms with Crippen LogP contribution in [-0.2, 0) is 0 Å². The molecule has 1 heterocycles. The van der Waals surface area contributed by atoms with E-state index >= 15 is 0 Å². The molecule has 0 fully saturated rings. The molecule has 0 aliphatic carbocycles. The monoisotopic (exact) mass is 350 g/mol. The van der Waals surface area contributed by atoms with Crippen LogP contribution in [-0.4, -0.2) is 12.2 Å². The second kappa shape index (κ2) is 5.50. The van der Waals surface area contributed by atoms with Crippen molar-refractivity contribution in [3.8, 4) is 5.75 Å². The maximum Gasteiger partial charge on any atom is 0.170 e. The predicted octanol–water partition coefficient (Wildman–Crippen LogP) is 4.42. The molecule has 1 N–H and O–H groups in total. The van der Waals surface area contributed by atoms with Crippen LogP contribution in [0.15, 0.2) is 51.4 Å². The summed E-state index contributed by atoms with van der Waals surface area (Å²) in [5.41, 5.74) is 0.697. The zero-order valence-corrected chi connectivity index (χ0v) is 12.7. The molecule has 0 bridgehead atoms. The second-order valence-electron chi connectivity index (χ2n) is 4.60. The van der Waals surface area contributed by atoms with Crippen molar-refractivity contribution >= 4 is 26.9 Å². The first-order valence-electron chi connectivity index (χ1n) is 6.29. The fourth-order valence-electron chi connectivity index (χ4n) is 2.25. The number of hydrogen-bond acceptors (Lipinski definition) is 3. The van der Waals surface area contributed by atoms with E-state index in [2.05, 4.69) is 15.9 Å². The molecular weight excluding hydrogens is 339 g/mol. The van der Waals surface area contributed by atoms with Crippen LogP contribution in [0.1, 0.15) is 17.4 Å². The summed E-state index contributed by atoms with van der Waals surface area (Å²) in [6.07, 6.45) is -1.03. The molecule has 0 radical (unpaired) electrons. The van der Waals surface area contributed by atoms with E-state index in [1.807, 2.05) is 0 Å². The summed E-state index contributed by atoms with van der Waals surface area (Å²) in [6.45, 7) is 0. The fraction of sp³-hybridized carbons (Fsp3) is 0.125. The van der Waals surface area contributed by atoms with Crippen molar-refractivity contribution in [1.29, 1.82) is 0 Å². The average molecular weight is 351 g/mol. The minimum absolute atomic E-state index is 0.141. The van der Waals surface area contributed by atoms with E-state index in [1.165, 1.54) is 13.2 Å². The molecule has 3 aromatic rings. The van der Waals surface area contributed by atoms with Crippen LogP contribution in [0, 0.1) is 5.82 Å². The second-order valence-corrected chi connectivity index (χ2v) is 5.51. The van der Waals surface area contributed by atoms with Crippen molar-refractivity contribution in [3.63, 3.8) is 0 Å². The maximum absolute atomic E-state index is 13.7. The number of hydrogen-bond donors (Lipinski definition) is 1. The first-order valence-corrected chi connectivity index (χ1v) is 7.09. The van der Waals surface area contributed by atoms with Gasteiger partial charge >= 0.3 is 0 Å². The predicted molar refractivity (Wildman–Crippen MR) is 80.9 cm³/mol. The molecule has 0 saturated heterocycles. The van der Waals surface area contributed by atoms with Gasteiger partial charge in [0.1, 0.15) is 17.6 Å². The Morgan fingerprint density at radius 2 is 2.05 bits per heavy atom. The van der Waals surface area contributed by atoms with E-state index in [0.717, 1.165) is 4.47 Å². The van der Waals surface area contributed by atoms with Gasteiger partial charge in [-0.2, -0.15) is 0 Å². The number of fused-ring (bicyclic) bond motifs is 1. The molecule has 2 aromatic carbocycles. The van der Waals surface area contributed by atoms with Gasteiger partial charge in [-0.1, -0.05) is 34.1 Å². The van der Waals surface area contributed by atoms with Gasteiger partial charge in [0.15, 0.2) is 11.4 Å². The molecule has 0 saturated carbocycles. The lowest BCUT2D eigenvalue weighted by Gasteiger charge is -2.13. The van der Waals surface area contributed by atoms with Gasteiger partial charge in [0.05, 0.1) is 7.11 Å². The molecule has 108 valence electrons. The Labute approximate surface area is 129 Å². The molecule has 21 heavy (non-hydrogen) atoms. The smallest absolute Gasteiger partial charge is 0.170 e.